The predicted octanol–water partition coefficient (Wildman–Crippen LogP) is 4.30. The average Bonchev–Trinajstić information content (AvgIpc) is 2.69. The molecule has 1 fully saturated rings. The van der Waals surface area contributed by atoms with Crippen LogP contribution >= 0.6 is 47.2 Å². The topological polar surface area (TPSA) is 57.6 Å². The summed E-state index contributed by atoms with van der Waals surface area (Å²) >= 11 is 18.2. The molecular weight excluding hydrogens is 377 g/mol. The Bertz CT molecular complexity index is 719. The molecule has 8 heteroatoms. The van der Waals surface area contributed by atoms with Crippen LogP contribution in [-0.2, 0) is 9.59 Å². The van der Waals surface area contributed by atoms with E-state index >= 15 is 0 Å². The number of hydrogen-bond donors (Lipinski definition) is 1. The number of nitrogens with zero attached hydrogens (tertiary/aromatic N) is 1. The van der Waals surface area contributed by atoms with Gasteiger partial charge in [-0.3, -0.25) is 9.69 Å². The molecule has 2 rings (SSSR count). The van der Waals surface area contributed by atoms with Crippen molar-refractivity contribution in [3.05, 3.63) is 38.7 Å². The Morgan fingerprint density at radius 2 is 2.04 bits per heavy atom. The highest BCUT2D eigenvalue weighted by molar-refractivity contribution is 8.26. The molecule has 1 aromatic carbocycles. The van der Waals surface area contributed by atoms with E-state index in [0.717, 1.165) is 16.7 Å². The molecule has 1 atom stereocenters. The molecule has 122 valence electrons. The molecule has 1 amide bonds. The second kappa shape index (κ2) is 7.21. The molecule has 1 unspecified atom stereocenters. The fourth-order valence-electron chi connectivity index (χ4n) is 2.17. The van der Waals surface area contributed by atoms with Gasteiger partial charge in [0.2, 0.25) is 0 Å². The van der Waals surface area contributed by atoms with Gasteiger partial charge in [0.25, 0.3) is 5.91 Å². The molecule has 1 aliphatic heterocycles. The Kier molecular flexibility index (Phi) is 5.73. The molecule has 0 bridgehead atoms. The number of carboxylic acid groups (broad SMARTS) is 1. The van der Waals surface area contributed by atoms with E-state index in [4.69, 9.17) is 35.4 Å². The Balaban J connectivity index is 2.37. The minimum atomic E-state index is -1.08. The summed E-state index contributed by atoms with van der Waals surface area (Å²) in [6.07, 6.45) is 1.59. The van der Waals surface area contributed by atoms with Crippen molar-refractivity contribution in [2.24, 2.45) is 5.92 Å². The Hall–Kier alpha value is -1.08. The number of aliphatic carboxylic acids is 1. The van der Waals surface area contributed by atoms with Crippen molar-refractivity contribution in [3.8, 4) is 0 Å². The zero-order chi connectivity index (χ0) is 17.3. The number of halogens is 2. The van der Waals surface area contributed by atoms with Gasteiger partial charge in [0.15, 0.2) is 0 Å². The van der Waals surface area contributed by atoms with E-state index in [9.17, 15) is 14.7 Å². The number of carbonyl (C=O) groups is 2. The van der Waals surface area contributed by atoms with Crippen LogP contribution in [0.5, 0.6) is 0 Å². The number of amides is 1. The number of thioether (sulfide) groups is 1. The standard InChI is InChI=1S/C15H13Cl2NO3S2/c1-7(2)12(14(20)21)18-13(19)11(23-15(18)22)5-8-3-4-9(16)6-10(8)17/h3-7,12H,1-2H3,(H,20,21)/b11-5-. The third kappa shape index (κ3) is 3.88. The van der Waals surface area contributed by atoms with E-state index in [1.165, 1.54) is 0 Å². The lowest BCUT2D eigenvalue weighted by Gasteiger charge is -2.26. The van der Waals surface area contributed by atoms with Crippen molar-refractivity contribution in [1.29, 1.82) is 0 Å². The van der Waals surface area contributed by atoms with Crippen LogP contribution in [0.1, 0.15) is 19.4 Å². The fraction of sp³-hybridized carbons (Fsp3) is 0.267. The van der Waals surface area contributed by atoms with E-state index in [1.54, 1.807) is 38.1 Å². The van der Waals surface area contributed by atoms with Crippen LogP contribution in [0, 0.1) is 5.92 Å². The first-order valence-electron chi connectivity index (χ1n) is 6.67. The van der Waals surface area contributed by atoms with Gasteiger partial charge in [-0.25, -0.2) is 4.79 Å². The lowest BCUT2D eigenvalue weighted by atomic mass is 10.0. The number of thiocarbonyl (C=S) groups is 1. The number of rotatable bonds is 4. The third-order valence-electron chi connectivity index (χ3n) is 3.24. The van der Waals surface area contributed by atoms with Crippen LogP contribution in [0.3, 0.4) is 0 Å². The van der Waals surface area contributed by atoms with Gasteiger partial charge in [-0.15, -0.1) is 0 Å². The molecule has 0 spiro atoms. The number of carboxylic acids is 1. The van der Waals surface area contributed by atoms with Gasteiger partial charge >= 0.3 is 5.97 Å². The van der Waals surface area contributed by atoms with Gasteiger partial charge in [0.05, 0.1) is 4.91 Å². The first-order chi connectivity index (χ1) is 10.7. The monoisotopic (exact) mass is 389 g/mol. The molecular formula is C15H13Cl2NO3S2. The van der Waals surface area contributed by atoms with Crippen molar-refractivity contribution in [1.82, 2.24) is 4.90 Å². The van der Waals surface area contributed by atoms with E-state index in [-0.39, 0.29) is 10.2 Å². The van der Waals surface area contributed by atoms with Gasteiger partial charge in [-0.1, -0.05) is 67.1 Å². The first-order valence-corrected chi connectivity index (χ1v) is 8.65. The molecule has 0 saturated carbocycles. The summed E-state index contributed by atoms with van der Waals surface area (Å²) in [7, 11) is 0. The van der Waals surface area contributed by atoms with Crippen molar-refractivity contribution in [2.75, 3.05) is 0 Å². The molecule has 1 N–H and O–H groups in total. The normalized spacial score (nSPS) is 18.1. The molecule has 1 aliphatic rings. The Morgan fingerprint density at radius 3 is 2.57 bits per heavy atom. The average molecular weight is 390 g/mol. The highest BCUT2D eigenvalue weighted by Crippen LogP contribution is 2.36. The highest BCUT2D eigenvalue weighted by atomic mass is 35.5. The zero-order valence-corrected chi connectivity index (χ0v) is 15.4. The van der Waals surface area contributed by atoms with Crippen LogP contribution in [0.25, 0.3) is 6.08 Å². The van der Waals surface area contributed by atoms with Crippen molar-refractivity contribution in [2.45, 2.75) is 19.9 Å². The first kappa shape index (κ1) is 18.3. The Labute approximate surface area is 153 Å². The second-order valence-electron chi connectivity index (χ2n) is 5.24. The number of carbonyl (C=O) groups excluding carboxylic acids is 1. The number of hydrogen-bond acceptors (Lipinski definition) is 4. The molecule has 4 nitrogen and oxygen atoms in total. The van der Waals surface area contributed by atoms with Crippen molar-refractivity contribution >= 4 is 69.5 Å². The molecule has 23 heavy (non-hydrogen) atoms. The van der Waals surface area contributed by atoms with Crippen molar-refractivity contribution < 1.29 is 14.7 Å². The van der Waals surface area contributed by atoms with Crippen LogP contribution in [0.2, 0.25) is 10.0 Å². The minimum Gasteiger partial charge on any atom is -0.480 e. The maximum Gasteiger partial charge on any atom is 0.327 e. The maximum absolute atomic E-state index is 12.6. The lowest BCUT2D eigenvalue weighted by Crippen LogP contribution is -2.47. The van der Waals surface area contributed by atoms with Gasteiger partial charge in [-0.2, -0.15) is 0 Å². The Morgan fingerprint density at radius 1 is 1.39 bits per heavy atom. The van der Waals surface area contributed by atoms with Gasteiger partial charge < -0.3 is 5.11 Å². The minimum absolute atomic E-state index is 0.229. The summed E-state index contributed by atoms with van der Waals surface area (Å²) in [5.74, 6) is -1.78. The molecule has 1 saturated heterocycles. The van der Waals surface area contributed by atoms with E-state index in [1.807, 2.05) is 0 Å². The summed E-state index contributed by atoms with van der Waals surface area (Å²) < 4.78 is 0.229. The second-order valence-corrected chi connectivity index (χ2v) is 7.76. The zero-order valence-electron chi connectivity index (χ0n) is 12.2. The molecule has 1 heterocycles. The largest absolute Gasteiger partial charge is 0.480 e. The summed E-state index contributed by atoms with van der Waals surface area (Å²) in [6, 6.07) is 3.93. The molecule has 1 aromatic rings. The van der Waals surface area contributed by atoms with Crippen LogP contribution in [0.15, 0.2) is 23.1 Å². The summed E-state index contributed by atoms with van der Waals surface area (Å²) in [5, 5.41) is 10.3. The molecule has 0 radical (unpaired) electrons. The van der Waals surface area contributed by atoms with E-state index in [0.29, 0.717) is 20.5 Å². The summed E-state index contributed by atoms with van der Waals surface area (Å²) in [6.45, 7) is 3.47. The smallest absolute Gasteiger partial charge is 0.327 e. The quantitative estimate of drug-likeness (QED) is 0.614. The van der Waals surface area contributed by atoms with E-state index in [2.05, 4.69) is 0 Å². The van der Waals surface area contributed by atoms with E-state index < -0.39 is 17.9 Å². The fourth-order valence-corrected chi connectivity index (χ4v) is 3.96. The van der Waals surface area contributed by atoms with Gasteiger partial charge in [-0.05, 0) is 29.7 Å². The SMILES string of the molecule is CC(C)C(C(=O)O)N1C(=O)/C(=C/c2ccc(Cl)cc2Cl)SC1=S. The van der Waals surface area contributed by atoms with Gasteiger partial charge in [0, 0.05) is 10.0 Å². The van der Waals surface area contributed by atoms with Gasteiger partial charge in [0.1, 0.15) is 10.4 Å². The van der Waals surface area contributed by atoms with Crippen LogP contribution in [-0.4, -0.2) is 32.2 Å². The number of benzene rings is 1. The maximum atomic E-state index is 12.6. The molecule has 0 aromatic heterocycles. The predicted molar refractivity (Wildman–Crippen MR) is 97.7 cm³/mol. The highest BCUT2D eigenvalue weighted by Gasteiger charge is 2.41. The van der Waals surface area contributed by atoms with Crippen molar-refractivity contribution in [3.63, 3.8) is 0 Å². The summed E-state index contributed by atoms with van der Waals surface area (Å²) in [4.78, 5) is 25.5. The van der Waals surface area contributed by atoms with Crippen LogP contribution in [0.4, 0.5) is 0 Å². The molecule has 0 aliphatic carbocycles. The van der Waals surface area contributed by atoms with Crippen LogP contribution < -0.4 is 0 Å². The third-order valence-corrected chi connectivity index (χ3v) is 5.13. The lowest BCUT2D eigenvalue weighted by molar-refractivity contribution is -0.146. The summed E-state index contributed by atoms with van der Waals surface area (Å²) in [5.41, 5.74) is 0.619.